The molecular formula is C23H26N5O6SW2-. The van der Waals surface area contributed by atoms with Gasteiger partial charge in [-0.05, 0) is 18.2 Å². The SMILES string of the molecule is C=CC1C[C-]1NC1NS(=O)(=O)CC(NC(=O)O)C(=O)N2CC(Oc3ccnc4ccccc34)CC12.[W].[W]. The van der Waals surface area contributed by atoms with Gasteiger partial charge in [0.2, 0.25) is 15.9 Å². The van der Waals surface area contributed by atoms with Crippen LogP contribution in [0.4, 0.5) is 4.79 Å². The van der Waals surface area contributed by atoms with Gasteiger partial charge in [0.25, 0.3) is 0 Å². The monoisotopic (exact) mass is 868 g/mol. The number of para-hydroxylation sites is 1. The van der Waals surface area contributed by atoms with Crippen LogP contribution in [-0.2, 0) is 56.9 Å². The fourth-order valence-corrected chi connectivity index (χ4v) is 6.15. The van der Waals surface area contributed by atoms with Gasteiger partial charge in [-0.25, -0.2) is 13.2 Å². The van der Waals surface area contributed by atoms with Crippen LogP contribution in [0.3, 0.4) is 0 Å². The number of hydrogen-bond acceptors (Lipinski definition) is 7. The molecular weight excluding hydrogens is 842 g/mol. The topological polar surface area (TPSA) is 150 Å². The van der Waals surface area contributed by atoms with Gasteiger partial charge in [0.1, 0.15) is 17.9 Å². The maximum absolute atomic E-state index is 13.4. The van der Waals surface area contributed by atoms with Crippen molar-refractivity contribution in [1.29, 1.82) is 0 Å². The fraction of sp³-hybridized carbons (Fsp3) is 0.391. The zero-order chi connectivity index (χ0) is 24.7. The number of fused-ring (bicyclic) bond motifs is 2. The quantitative estimate of drug-likeness (QED) is 0.247. The van der Waals surface area contributed by atoms with E-state index in [1.54, 1.807) is 18.3 Å². The van der Waals surface area contributed by atoms with Gasteiger partial charge in [0.05, 0.1) is 30.0 Å². The Kier molecular flexibility index (Phi) is 9.56. The van der Waals surface area contributed by atoms with Crippen molar-refractivity contribution in [2.24, 2.45) is 5.92 Å². The minimum absolute atomic E-state index is 0. The van der Waals surface area contributed by atoms with Gasteiger partial charge >= 0.3 is 6.09 Å². The number of amides is 2. The zero-order valence-corrected chi connectivity index (χ0v) is 26.3. The molecule has 2 saturated heterocycles. The maximum Gasteiger partial charge on any atom is 0.405 e. The molecule has 3 fully saturated rings. The van der Waals surface area contributed by atoms with Crippen LogP contribution in [0.15, 0.2) is 49.2 Å². The molecule has 1 aromatic heterocycles. The van der Waals surface area contributed by atoms with E-state index in [1.165, 1.54) is 4.90 Å². The molecule has 3 aliphatic rings. The van der Waals surface area contributed by atoms with Crippen molar-refractivity contribution in [3.05, 3.63) is 55.2 Å². The van der Waals surface area contributed by atoms with Crippen molar-refractivity contribution in [1.82, 2.24) is 25.2 Å². The van der Waals surface area contributed by atoms with E-state index in [1.807, 2.05) is 24.3 Å². The summed E-state index contributed by atoms with van der Waals surface area (Å²) < 4.78 is 34.5. The van der Waals surface area contributed by atoms with Gasteiger partial charge in [-0.1, -0.05) is 12.1 Å². The second-order valence-corrected chi connectivity index (χ2v) is 10.8. The van der Waals surface area contributed by atoms with Crippen LogP contribution in [0.5, 0.6) is 5.75 Å². The van der Waals surface area contributed by atoms with Gasteiger partial charge in [-0.3, -0.25) is 15.8 Å². The molecule has 1 aromatic carbocycles. The van der Waals surface area contributed by atoms with Crippen molar-refractivity contribution < 1.29 is 70.0 Å². The third-order valence-electron chi connectivity index (χ3n) is 6.52. The molecule has 0 radical (unpaired) electrons. The molecule has 37 heavy (non-hydrogen) atoms. The molecule has 5 rings (SSSR count). The Bertz CT molecular complexity index is 1280. The number of hydrogen-bond donors (Lipinski definition) is 4. The fourth-order valence-electron chi connectivity index (χ4n) is 4.79. The molecule has 2 aromatic rings. The molecule has 14 heteroatoms. The Morgan fingerprint density at radius 3 is 2.76 bits per heavy atom. The predicted octanol–water partition coefficient (Wildman–Crippen LogP) is 0.801. The first-order valence-corrected chi connectivity index (χ1v) is 12.9. The van der Waals surface area contributed by atoms with Crippen molar-refractivity contribution >= 4 is 32.9 Å². The van der Waals surface area contributed by atoms with E-state index < -0.39 is 52.1 Å². The summed E-state index contributed by atoms with van der Waals surface area (Å²) in [5.41, 5.74) is 0.768. The molecule has 4 N–H and O–H groups in total. The van der Waals surface area contributed by atoms with Crippen LogP contribution in [-0.4, -0.2) is 72.1 Å². The van der Waals surface area contributed by atoms with Gasteiger partial charge in [-0.2, -0.15) is 17.1 Å². The van der Waals surface area contributed by atoms with Crippen molar-refractivity contribution in [3.63, 3.8) is 0 Å². The Balaban J connectivity index is 0.00000190. The van der Waals surface area contributed by atoms with E-state index in [0.29, 0.717) is 12.2 Å². The number of rotatable bonds is 6. The third-order valence-corrected chi connectivity index (χ3v) is 7.90. The summed E-state index contributed by atoms with van der Waals surface area (Å²) in [4.78, 5) is 30.5. The largest absolute Gasteiger partial charge is 0.488 e. The molecule has 0 bridgehead atoms. The normalized spacial score (nSPS) is 28.6. The number of ether oxygens (including phenoxy) is 1. The Hall–Kier alpha value is -1.84. The van der Waals surface area contributed by atoms with E-state index >= 15 is 0 Å². The zero-order valence-electron chi connectivity index (χ0n) is 19.6. The number of aromatic nitrogens is 1. The van der Waals surface area contributed by atoms with E-state index in [-0.39, 0.29) is 54.6 Å². The van der Waals surface area contributed by atoms with Crippen LogP contribution >= 0.6 is 0 Å². The number of nitrogens with one attached hydrogen (secondary N) is 3. The van der Waals surface area contributed by atoms with Gasteiger partial charge in [0, 0.05) is 60.1 Å². The Morgan fingerprint density at radius 1 is 1.30 bits per heavy atom. The van der Waals surface area contributed by atoms with Crippen molar-refractivity contribution in [2.45, 2.75) is 37.2 Å². The van der Waals surface area contributed by atoms with Crippen molar-refractivity contribution in [2.75, 3.05) is 12.3 Å². The number of carbonyl (C=O) groups excluding carboxylic acids is 1. The molecule has 1 saturated carbocycles. The van der Waals surface area contributed by atoms with Crippen LogP contribution in [0.25, 0.3) is 10.9 Å². The standard InChI is InChI=1S/C23H26N5O6S.2W/c1-2-13-9-17(13)25-21-19-10-14(34-20-7-8-24-16-6-4-3-5-15(16)20)11-28(19)22(29)18(26-23(30)31)12-35(32,33)27-21;;/h2-8,13-14,18-19,21,25-27H,1,9-12H2,(H,30,31);;/q-1;;. The summed E-state index contributed by atoms with van der Waals surface area (Å²) >= 11 is 0. The molecule has 5 unspecified atom stereocenters. The maximum atomic E-state index is 13.4. The number of carboxylic acid groups (broad SMARTS) is 1. The first kappa shape index (κ1) is 29.7. The van der Waals surface area contributed by atoms with Gasteiger partial charge in [-0.15, -0.1) is 12.7 Å². The summed E-state index contributed by atoms with van der Waals surface area (Å²) in [6, 6.07) is 8.20. The summed E-state index contributed by atoms with van der Waals surface area (Å²) in [6.45, 7) is 3.95. The molecule has 3 heterocycles. The van der Waals surface area contributed by atoms with Crippen LogP contribution in [0.1, 0.15) is 12.8 Å². The van der Waals surface area contributed by atoms with Crippen LogP contribution in [0, 0.1) is 12.0 Å². The first-order chi connectivity index (χ1) is 16.7. The van der Waals surface area contributed by atoms with E-state index in [2.05, 4.69) is 26.9 Å². The van der Waals surface area contributed by atoms with Gasteiger partial charge < -0.3 is 25.4 Å². The second-order valence-electron chi connectivity index (χ2n) is 8.95. The molecule has 1 aliphatic carbocycles. The molecule has 2 amide bonds. The molecule has 11 nitrogen and oxygen atoms in total. The third kappa shape index (κ3) is 6.60. The molecule has 198 valence electrons. The van der Waals surface area contributed by atoms with E-state index in [0.717, 1.165) is 23.4 Å². The number of carbonyl (C=O) groups is 2. The average molecular weight is 868 g/mol. The number of nitrogens with zero attached hydrogens (tertiary/aromatic N) is 2. The predicted molar refractivity (Wildman–Crippen MR) is 127 cm³/mol. The first-order valence-electron chi connectivity index (χ1n) is 11.3. The minimum atomic E-state index is -3.98. The molecule has 5 atom stereocenters. The van der Waals surface area contributed by atoms with Crippen LogP contribution < -0.4 is 20.1 Å². The summed E-state index contributed by atoms with van der Waals surface area (Å²) in [5.74, 6) is -0.536. The smallest absolute Gasteiger partial charge is 0.405 e. The van der Waals surface area contributed by atoms with Gasteiger partial charge in [0.15, 0.2) is 0 Å². The second kappa shape index (κ2) is 11.9. The summed E-state index contributed by atoms with van der Waals surface area (Å²) in [5, 5.41) is 15.3. The average Bonchev–Trinajstić information content (AvgIpc) is 3.44. The molecule has 2 aliphatic heterocycles. The number of sulfonamides is 1. The summed E-state index contributed by atoms with van der Waals surface area (Å²) in [6.07, 6.45) is 1.83. The number of pyridine rings is 1. The summed E-state index contributed by atoms with van der Waals surface area (Å²) in [7, 11) is -3.98. The Morgan fingerprint density at radius 2 is 2.05 bits per heavy atom. The van der Waals surface area contributed by atoms with E-state index in [9.17, 15) is 23.1 Å². The number of benzene rings is 1. The Labute approximate surface area is 243 Å². The molecule has 0 spiro atoms. The van der Waals surface area contributed by atoms with Crippen molar-refractivity contribution in [3.8, 4) is 5.75 Å². The van der Waals surface area contributed by atoms with E-state index in [4.69, 9.17) is 4.74 Å². The van der Waals surface area contributed by atoms with Crippen LogP contribution in [0.2, 0.25) is 0 Å². The minimum Gasteiger partial charge on any atom is -0.488 e.